The van der Waals surface area contributed by atoms with Gasteiger partial charge >= 0.3 is 5.97 Å². The standard InChI is InChI=1S/C23H19NO4/c1-23(15-16-7-5-6-10-20(16)21(25)28-23)22(26)24-17-11-13-19(14-12-17)27-18-8-3-2-4-9-18/h2-14H,15H2,1H3,(H,24,26)/t23-/m0/s1. The molecule has 4 rings (SSSR count). The Hall–Kier alpha value is -3.60. The zero-order valence-electron chi connectivity index (χ0n) is 15.3. The van der Waals surface area contributed by atoms with Gasteiger partial charge in [0, 0.05) is 12.1 Å². The third-order valence-electron chi connectivity index (χ3n) is 4.65. The highest BCUT2D eigenvalue weighted by Gasteiger charge is 2.42. The van der Waals surface area contributed by atoms with Crippen molar-refractivity contribution in [1.29, 1.82) is 0 Å². The predicted molar refractivity (Wildman–Crippen MR) is 106 cm³/mol. The van der Waals surface area contributed by atoms with E-state index >= 15 is 0 Å². The van der Waals surface area contributed by atoms with E-state index in [9.17, 15) is 9.59 Å². The third kappa shape index (κ3) is 3.60. The number of fused-ring (bicyclic) bond motifs is 1. The lowest BCUT2D eigenvalue weighted by Gasteiger charge is -2.33. The first kappa shape index (κ1) is 17.8. The fourth-order valence-corrected chi connectivity index (χ4v) is 3.15. The van der Waals surface area contributed by atoms with E-state index in [1.807, 2.05) is 42.5 Å². The molecule has 140 valence electrons. The molecule has 1 aliphatic heterocycles. The third-order valence-corrected chi connectivity index (χ3v) is 4.65. The van der Waals surface area contributed by atoms with Gasteiger partial charge < -0.3 is 14.8 Å². The molecule has 0 bridgehead atoms. The number of amides is 1. The highest BCUT2D eigenvalue weighted by Crippen LogP contribution is 2.30. The molecule has 1 N–H and O–H groups in total. The molecule has 0 radical (unpaired) electrons. The first-order chi connectivity index (χ1) is 13.5. The van der Waals surface area contributed by atoms with E-state index in [4.69, 9.17) is 9.47 Å². The zero-order chi connectivity index (χ0) is 19.6. The molecule has 3 aromatic rings. The van der Waals surface area contributed by atoms with Crippen LogP contribution in [-0.4, -0.2) is 17.5 Å². The topological polar surface area (TPSA) is 64.6 Å². The van der Waals surface area contributed by atoms with Gasteiger partial charge in [-0.3, -0.25) is 4.79 Å². The van der Waals surface area contributed by atoms with E-state index in [1.54, 1.807) is 43.3 Å². The minimum atomic E-state index is -1.26. The van der Waals surface area contributed by atoms with Crippen molar-refractivity contribution in [3.63, 3.8) is 0 Å². The summed E-state index contributed by atoms with van der Waals surface area (Å²) in [6.07, 6.45) is 0.329. The Labute approximate surface area is 162 Å². The summed E-state index contributed by atoms with van der Waals surface area (Å²) in [4.78, 5) is 25.1. The maximum absolute atomic E-state index is 12.8. The van der Waals surface area contributed by atoms with Crippen LogP contribution in [0.5, 0.6) is 11.5 Å². The molecule has 0 saturated heterocycles. The largest absolute Gasteiger partial charge is 0.457 e. The summed E-state index contributed by atoms with van der Waals surface area (Å²) in [5, 5.41) is 2.82. The Kier molecular flexibility index (Phi) is 4.57. The van der Waals surface area contributed by atoms with E-state index in [-0.39, 0.29) is 5.91 Å². The maximum atomic E-state index is 12.8. The number of hydrogen-bond acceptors (Lipinski definition) is 4. The number of para-hydroxylation sites is 1. The van der Waals surface area contributed by atoms with Gasteiger partial charge in [-0.1, -0.05) is 36.4 Å². The van der Waals surface area contributed by atoms with Crippen molar-refractivity contribution in [3.05, 3.63) is 90.0 Å². The van der Waals surface area contributed by atoms with Crippen LogP contribution in [0.15, 0.2) is 78.9 Å². The van der Waals surface area contributed by atoms with E-state index < -0.39 is 11.6 Å². The molecule has 1 atom stereocenters. The van der Waals surface area contributed by atoms with Gasteiger partial charge in [-0.2, -0.15) is 0 Å². The molecule has 28 heavy (non-hydrogen) atoms. The number of anilines is 1. The van der Waals surface area contributed by atoms with Crippen LogP contribution >= 0.6 is 0 Å². The van der Waals surface area contributed by atoms with Gasteiger partial charge in [0.1, 0.15) is 11.5 Å². The average Bonchev–Trinajstić information content (AvgIpc) is 2.70. The summed E-state index contributed by atoms with van der Waals surface area (Å²) in [5.74, 6) is 0.547. The first-order valence-corrected chi connectivity index (χ1v) is 8.99. The predicted octanol–water partition coefficient (Wildman–Crippen LogP) is 4.59. The number of benzene rings is 3. The number of hydrogen-bond donors (Lipinski definition) is 1. The monoisotopic (exact) mass is 373 g/mol. The second-order valence-electron chi connectivity index (χ2n) is 6.85. The minimum absolute atomic E-state index is 0.329. The maximum Gasteiger partial charge on any atom is 0.339 e. The Bertz CT molecular complexity index is 1010. The van der Waals surface area contributed by atoms with Gasteiger partial charge in [-0.25, -0.2) is 4.79 Å². The lowest BCUT2D eigenvalue weighted by Crippen LogP contribution is -2.48. The molecule has 1 aliphatic rings. The fourth-order valence-electron chi connectivity index (χ4n) is 3.15. The van der Waals surface area contributed by atoms with Crippen LogP contribution in [-0.2, 0) is 16.0 Å². The summed E-state index contributed by atoms with van der Waals surface area (Å²) in [6, 6.07) is 23.7. The van der Waals surface area contributed by atoms with Gasteiger partial charge in [0.25, 0.3) is 5.91 Å². The van der Waals surface area contributed by atoms with Gasteiger partial charge in [0.05, 0.1) is 5.56 Å². The van der Waals surface area contributed by atoms with Crippen molar-refractivity contribution in [2.45, 2.75) is 18.9 Å². The van der Waals surface area contributed by atoms with E-state index in [0.29, 0.717) is 23.4 Å². The molecule has 0 fully saturated rings. The van der Waals surface area contributed by atoms with Crippen molar-refractivity contribution in [1.82, 2.24) is 0 Å². The minimum Gasteiger partial charge on any atom is -0.457 e. The molecule has 5 nitrogen and oxygen atoms in total. The smallest absolute Gasteiger partial charge is 0.339 e. The number of esters is 1. The molecule has 0 aromatic heterocycles. The summed E-state index contributed by atoms with van der Waals surface area (Å²) in [6.45, 7) is 1.63. The normalized spacial score (nSPS) is 18.0. The molecule has 0 aliphatic carbocycles. The van der Waals surface area contributed by atoms with Crippen molar-refractivity contribution in [2.75, 3.05) is 5.32 Å². The van der Waals surface area contributed by atoms with Crippen LogP contribution in [0.2, 0.25) is 0 Å². The van der Waals surface area contributed by atoms with Crippen LogP contribution in [0.1, 0.15) is 22.8 Å². The summed E-state index contributed by atoms with van der Waals surface area (Å²) >= 11 is 0. The van der Waals surface area contributed by atoms with E-state index in [2.05, 4.69) is 5.32 Å². The molecule has 1 amide bonds. The molecule has 1 heterocycles. The van der Waals surface area contributed by atoms with Crippen LogP contribution in [0.25, 0.3) is 0 Å². The zero-order valence-corrected chi connectivity index (χ0v) is 15.3. The van der Waals surface area contributed by atoms with Crippen molar-refractivity contribution >= 4 is 17.6 Å². The summed E-state index contributed by atoms with van der Waals surface area (Å²) in [7, 11) is 0. The van der Waals surface area contributed by atoms with E-state index in [0.717, 1.165) is 11.3 Å². The van der Waals surface area contributed by atoms with Crippen LogP contribution in [0.4, 0.5) is 5.69 Å². The second kappa shape index (κ2) is 7.19. The summed E-state index contributed by atoms with van der Waals surface area (Å²) < 4.78 is 11.2. The Morgan fingerprint density at radius 2 is 1.57 bits per heavy atom. The number of nitrogens with one attached hydrogen (secondary N) is 1. The number of carbonyl (C=O) groups excluding carboxylic acids is 2. The van der Waals surface area contributed by atoms with Crippen LogP contribution in [0, 0.1) is 0 Å². The second-order valence-corrected chi connectivity index (χ2v) is 6.85. The Morgan fingerprint density at radius 3 is 2.32 bits per heavy atom. The first-order valence-electron chi connectivity index (χ1n) is 8.99. The van der Waals surface area contributed by atoms with E-state index in [1.165, 1.54) is 0 Å². The molecule has 5 heteroatoms. The highest BCUT2D eigenvalue weighted by molar-refractivity contribution is 6.02. The number of rotatable bonds is 4. The SMILES string of the molecule is C[C@@]1(C(=O)Nc2ccc(Oc3ccccc3)cc2)Cc2ccccc2C(=O)O1. The fraction of sp³-hybridized carbons (Fsp3) is 0.130. The Morgan fingerprint density at radius 1 is 0.929 bits per heavy atom. The highest BCUT2D eigenvalue weighted by atomic mass is 16.6. The van der Waals surface area contributed by atoms with Crippen molar-refractivity contribution in [3.8, 4) is 11.5 Å². The lowest BCUT2D eigenvalue weighted by molar-refractivity contribution is -0.134. The molecule has 0 saturated carbocycles. The van der Waals surface area contributed by atoms with Crippen LogP contribution < -0.4 is 10.1 Å². The summed E-state index contributed by atoms with van der Waals surface area (Å²) in [5.41, 5.74) is 0.657. The van der Waals surface area contributed by atoms with Crippen LogP contribution in [0.3, 0.4) is 0 Å². The average molecular weight is 373 g/mol. The molecule has 0 spiro atoms. The van der Waals surface area contributed by atoms with Gasteiger partial charge in [-0.05, 0) is 55.0 Å². The van der Waals surface area contributed by atoms with Gasteiger partial charge in [0.15, 0.2) is 5.60 Å². The van der Waals surface area contributed by atoms with Gasteiger partial charge in [0.2, 0.25) is 0 Å². The van der Waals surface area contributed by atoms with Gasteiger partial charge in [-0.15, -0.1) is 0 Å². The number of cyclic esters (lactones) is 1. The Balaban J connectivity index is 1.46. The molecule has 0 unspecified atom stereocenters. The van der Waals surface area contributed by atoms with Crippen molar-refractivity contribution in [2.24, 2.45) is 0 Å². The molecule has 3 aromatic carbocycles. The van der Waals surface area contributed by atoms with Crippen molar-refractivity contribution < 1.29 is 19.1 Å². The number of carbonyl (C=O) groups is 2. The molecular weight excluding hydrogens is 354 g/mol. The quantitative estimate of drug-likeness (QED) is 0.680. The number of ether oxygens (including phenoxy) is 2. The lowest BCUT2D eigenvalue weighted by atomic mass is 9.89. The molecular formula is C23H19NO4.